The maximum absolute atomic E-state index is 4.51. The Bertz CT molecular complexity index is 643. The first-order chi connectivity index (χ1) is 12.2. The molecule has 3 heterocycles. The van der Waals surface area contributed by atoms with Gasteiger partial charge in [-0.25, -0.2) is 0 Å². The minimum absolute atomic E-state index is 0.357. The summed E-state index contributed by atoms with van der Waals surface area (Å²) in [4.78, 5) is 11.6. The molecule has 2 aromatic heterocycles. The van der Waals surface area contributed by atoms with Crippen LogP contribution < -0.4 is 10.2 Å². The van der Waals surface area contributed by atoms with Crippen molar-refractivity contribution in [3.8, 4) is 0 Å². The van der Waals surface area contributed by atoms with E-state index in [0.29, 0.717) is 6.04 Å². The van der Waals surface area contributed by atoms with Gasteiger partial charge in [-0.05, 0) is 54.0 Å². The summed E-state index contributed by atoms with van der Waals surface area (Å²) < 4.78 is 0. The van der Waals surface area contributed by atoms with Crippen LogP contribution in [-0.4, -0.2) is 69.6 Å². The molecule has 0 aromatic carbocycles. The number of hydrogen-bond acceptors (Lipinski definition) is 5. The molecule has 5 nitrogen and oxygen atoms in total. The average molecular weight is 378 g/mol. The topological polar surface area (TPSA) is 34.1 Å². The Morgan fingerprint density at radius 1 is 1.24 bits per heavy atom. The molecule has 1 fully saturated rings. The standard InChI is InChI=1S/C18H27N5S2/c1-19-18(20-13-16(21(2)3)15-6-12-24-14-15)23-9-7-22(8-10-23)17-5-4-11-25-17/h4-6,11-12,14,16H,7-10,13H2,1-3H3,(H,19,20). The molecule has 0 aliphatic carbocycles. The number of hydrogen-bond donors (Lipinski definition) is 1. The summed E-state index contributed by atoms with van der Waals surface area (Å²) in [6.45, 7) is 4.96. The van der Waals surface area contributed by atoms with Gasteiger partial charge in [-0.15, -0.1) is 11.3 Å². The maximum Gasteiger partial charge on any atom is 0.193 e. The Hall–Kier alpha value is -1.57. The van der Waals surface area contributed by atoms with Gasteiger partial charge in [-0.1, -0.05) is 0 Å². The van der Waals surface area contributed by atoms with Gasteiger partial charge < -0.3 is 20.0 Å². The van der Waals surface area contributed by atoms with Crippen LogP contribution in [0.5, 0.6) is 0 Å². The Kier molecular flexibility index (Phi) is 6.34. The molecule has 2 aromatic rings. The summed E-state index contributed by atoms with van der Waals surface area (Å²) in [7, 11) is 6.14. The van der Waals surface area contributed by atoms with Gasteiger partial charge in [0.25, 0.3) is 0 Å². The van der Waals surface area contributed by atoms with Crippen LogP contribution in [0.4, 0.5) is 5.00 Å². The summed E-state index contributed by atoms with van der Waals surface area (Å²) in [6, 6.07) is 6.89. The zero-order chi connectivity index (χ0) is 17.6. The summed E-state index contributed by atoms with van der Waals surface area (Å²) in [5.74, 6) is 1.01. The third-order valence-corrected chi connectivity index (χ3v) is 6.24. The number of guanidine groups is 1. The highest BCUT2D eigenvalue weighted by atomic mass is 32.1. The average Bonchev–Trinajstić information content (AvgIpc) is 3.32. The number of nitrogens with zero attached hydrogens (tertiary/aromatic N) is 4. The first-order valence-corrected chi connectivity index (χ1v) is 10.4. The monoisotopic (exact) mass is 377 g/mol. The fraction of sp³-hybridized carbons (Fsp3) is 0.500. The molecule has 1 atom stereocenters. The summed E-state index contributed by atoms with van der Waals surface area (Å²) >= 11 is 3.57. The van der Waals surface area contributed by atoms with Crippen LogP contribution >= 0.6 is 22.7 Å². The van der Waals surface area contributed by atoms with Crippen molar-refractivity contribution in [2.24, 2.45) is 4.99 Å². The molecule has 1 aliphatic heterocycles. The Morgan fingerprint density at radius 3 is 2.60 bits per heavy atom. The Morgan fingerprint density at radius 2 is 2.04 bits per heavy atom. The van der Waals surface area contributed by atoms with E-state index in [-0.39, 0.29) is 0 Å². The lowest BCUT2D eigenvalue weighted by Crippen LogP contribution is -2.53. The molecule has 7 heteroatoms. The number of nitrogens with one attached hydrogen (secondary N) is 1. The molecule has 1 unspecified atom stereocenters. The SMILES string of the molecule is CN=C(NCC(c1ccsc1)N(C)C)N1CCN(c2cccs2)CC1. The van der Waals surface area contributed by atoms with Gasteiger partial charge in [-0.3, -0.25) is 4.99 Å². The normalized spacial score (nSPS) is 17.2. The van der Waals surface area contributed by atoms with Crippen molar-refractivity contribution in [2.75, 3.05) is 58.8 Å². The number of thiophene rings is 2. The second-order valence-electron chi connectivity index (χ2n) is 6.39. The van der Waals surface area contributed by atoms with Gasteiger partial charge >= 0.3 is 0 Å². The minimum atomic E-state index is 0.357. The molecular weight excluding hydrogens is 350 g/mol. The first kappa shape index (κ1) is 18.2. The molecule has 1 aliphatic rings. The third kappa shape index (κ3) is 4.54. The largest absolute Gasteiger partial charge is 0.360 e. The molecule has 0 radical (unpaired) electrons. The van der Waals surface area contributed by atoms with Crippen LogP contribution in [0.25, 0.3) is 0 Å². The molecule has 1 N–H and O–H groups in total. The van der Waals surface area contributed by atoms with E-state index in [1.54, 1.807) is 11.3 Å². The fourth-order valence-electron chi connectivity index (χ4n) is 3.17. The number of likely N-dealkylation sites (N-methyl/N-ethyl adjacent to an activating group) is 1. The van der Waals surface area contributed by atoms with E-state index in [2.05, 4.69) is 73.4 Å². The molecule has 3 rings (SSSR count). The van der Waals surface area contributed by atoms with E-state index in [0.717, 1.165) is 38.7 Å². The van der Waals surface area contributed by atoms with Crippen molar-refractivity contribution in [3.05, 3.63) is 39.9 Å². The van der Waals surface area contributed by atoms with E-state index < -0.39 is 0 Å². The van der Waals surface area contributed by atoms with Crippen LogP contribution in [0.1, 0.15) is 11.6 Å². The fourth-order valence-corrected chi connectivity index (χ4v) is 4.66. The highest BCUT2D eigenvalue weighted by molar-refractivity contribution is 7.14. The van der Waals surface area contributed by atoms with Gasteiger partial charge in [0.2, 0.25) is 0 Å². The number of anilines is 1. The molecule has 0 saturated carbocycles. The van der Waals surface area contributed by atoms with Crippen molar-refractivity contribution in [2.45, 2.75) is 6.04 Å². The van der Waals surface area contributed by atoms with E-state index in [4.69, 9.17) is 0 Å². The maximum atomic E-state index is 4.51. The smallest absolute Gasteiger partial charge is 0.193 e. The molecule has 1 saturated heterocycles. The lowest BCUT2D eigenvalue weighted by molar-refractivity contribution is 0.293. The van der Waals surface area contributed by atoms with Crippen LogP contribution in [0.15, 0.2) is 39.3 Å². The lowest BCUT2D eigenvalue weighted by Gasteiger charge is -2.37. The zero-order valence-electron chi connectivity index (χ0n) is 15.2. The van der Waals surface area contributed by atoms with Gasteiger partial charge in [0.1, 0.15) is 0 Å². The van der Waals surface area contributed by atoms with E-state index in [1.807, 2.05) is 18.4 Å². The third-order valence-electron chi connectivity index (χ3n) is 4.61. The van der Waals surface area contributed by atoms with Gasteiger partial charge in [0.05, 0.1) is 11.0 Å². The Labute approximate surface area is 158 Å². The molecule has 0 bridgehead atoms. The van der Waals surface area contributed by atoms with Crippen LogP contribution in [0.2, 0.25) is 0 Å². The van der Waals surface area contributed by atoms with Crippen molar-refractivity contribution in [3.63, 3.8) is 0 Å². The van der Waals surface area contributed by atoms with Crippen molar-refractivity contribution in [1.82, 2.24) is 15.1 Å². The summed E-state index contributed by atoms with van der Waals surface area (Å²) in [5, 5.41) is 11.5. The number of piperazine rings is 1. The molecular formula is C18H27N5S2. The molecule has 25 heavy (non-hydrogen) atoms. The predicted octanol–water partition coefficient (Wildman–Crippen LogP) is 2.81. The van der Waals surface area contributed by atoms with E-state index in [1.165, 1.54) is 10.6 Å². The van der Waals surface area contributed by atoms with Gasteiger partial charge in [0.15, 0.2) is 5.96 Å². The molecule has 0 amide bonds. The van der Waals surface area contributed by atoms with Crippen molar-refractivity contribution >= 4 is 33.6 Å². The van der Waals surface area contributed by atoms with Crippen molar-refractivity contribution in [1.29, 1.82) is 0 Å². The highest BCUT2D eigenvalue weighted by Crippen LogP contribution is 2.23. The lowest BCUT2D eigenvalue weighted by atomic mass is 10.1. The molecule has 0 spiro atoms. The number of aliphatic imine (C=N–C) groups is 1. The van der Waals surface area contributed by atoms with Crippen molar-refractivity contribution < 1.29 is 0 Å². The first-order valence-electron chi connectivity index (χ1n) is 8.61. The second-order valence-corrected chi connectivity index (χ2v) is 8.10. The van der Waals surface area contributed by atoms with Crippen LogP contribution in [0.3, 0.4) is 0 Å². The second kappa shape index (κ2) is 8.69. The number of rotatable bonds is 5. The van der Waals surface area contributed by atoms with Gasteiger partial charge in [0, 0.05) is 39.8 Å². The zero-order valence-corrected chi connectivity index (χ0v) is 16.8. The minimum Gasteiger partial charge on any atom is -0.360 e. The quantitative estimate of drug-likeness (QED) is 0.642. The van der Waals surface area contributed by atoms with E-state index in [9.17, 15) is 0 Å². The van der Waals surface area contributed by atoms with Crippen LogP contribution in [0, 0.1) is 0 Å². The molecule has 136 valence electrons. The predicted molar refractivity (Wildman–Crippen MR) is 110 cm³/mol. The van der Waals surface area contributed by atoms with Gasteiger partial charge in [-0.2, -0.15) is 11.3 Å². The van der Waals surface area contributed by atoms with Crippen LogP contribution in [-0.2, 0) is 0 Å². The highest BCUT2D eigenvalue weighted by Gasteiger charge is 2.22. The summed E-state index contributed by atoms with van der Waals surface area (Å²) in [6.07, 6.45) is 0. The Balaban J connectivity index is 1.54. The van der Waals surface area contributed by atoms with E-state index >= 15 is 0 Å². The summed E-state index contributed by atoms with van der Waals surface area (Å²) in [5.41, 5.74) is 1.36.